The van der Waals surface area contributed by atoms with Gasteiger partial charge in [-0.3, -0.25) is 0 Å². The SMILES string of the molecule is CN1c2ccccc2N(c2cccc(-c3ccc(-c4cccc(N5c6ccccc6N(C)c6ccccc65)c4)c(-c4nc5ccccc5o4)c3-c3nc4ccccc4o3)c2)c2ccccc21. The molecule has 0 atom stereocenters. The molecule has 2 aliphatic heterocycles. The molecule has 0 spiro atoms. The lowest BCUT2D eigenvalue weighted by Gasteiger charge is -2.38. The van der Waals surface area contributed by atoms with Crippen molar-refractivity contribution in [3.8, 4) is 45.2 Å². The minimum absolute atomic E-state index is 0.476. The number of oxazole rings is 2. The van der Waals surface area contributed by atoms with E-state index >= 15 is 0 Å². The highest BCUT2D eigenvalue weighted by Crippen LogP contribution is 2.54. The summed E-state index contributed by atoms with van der Waals surface area (Å²) in [6.07, 6.45) is 0. The second kappa shape index (κ2) is 14.9. The Morgan fingerprint density at radius 3 is 1.03 bits per heavy atom. The van der Waals surface area contributed by atoms with Crippen LogP contribution in [0.1, 0.15) is 0 Å². The number of nitrogens with zero attached hydrogens (tertiary/aromatic N) is 6. The summed E-state index contributed by atoms with van der Waals surface area (Å²) in [4.78, 5) is 19.6. The van der Waals surface area contributed by atoms with Gasteiger partial charge >= 0.3 is 0 Å². The Morgan fingerprint density at radius 1 is 0.333 bits per heavy atom. The van der Waals surface area contributed by atoms with Gasteiger partial charge in [0.1, 0.15) is 11.0 Å². The highest BCUT2D eigenvalue weighted by Gasteiger charge is 2.31. The molecule has 0 amide bonds. The number of hydrogen-bond acceptors (Lipinski definition) is 8. The first-order valence-electron chi connectivity index (χ1n) is 22.1. The van der Waals surface area contributed by atoms with Crippen molar-refractivity contribution in [2.75, 3.05) is 33.7 Å². The first kappa shape index (κ1) is 37.7. The first-order chi connectivity index (χ1) is 32.6. The van der Waals surface area contributed by atoms with E-state index < -0.39 is 0 Å². The van der Waals surface area contributed by atoms with Crippen molar-refractivity contribution >= 4 is 79.1 Å². The lowest BCUT2D eigenvalue weighted by molar-refractivity contribution is 0.612. The van der Waals surface area contributed by atoms with E-state index in [4.69, 9.17) is 18.8 Å². The van der Waals surface area contributed by atoms with Gasteiger partial charge in [0.15, 0.2) is 11.2 Å². The average Bonchev–Trinajstić information content (AvgIpc) is 4.02. The van der Waals surface area contributed by atoms with Gasteiger partial charge in [-0.25, -0.2) is 9.97 Å². The zero-order valence-corrected chi connectivity index (χ0v) is 36.1. The van der Waals surface area contributed by atoms with Crippen molar-refractivity contribution in [2.45, 2.75) is 0 Å². The fourth-order valence-electron chi connectivity index (χ4n) is 9.93. The number of fused-ring (bicyclic) bond motifs is 6. The van der Waals surface area contributed by atoms with Crippen LogP contribution in [-0.2, 0) is 0 Å². The summed E-state index contributed by atoms with van der Waals surface area (Å²) in [6, 6.07) is 71.9. The molecule has 2 aromatic heterocycles. The van der Waals surface area contributed by atoms with E-state index in [0.29, 0.717) is 22.9 Å². The standard InChI is InChI=1S/C58H40N6O2/c1-61-45-23-5-9-27-49(45)63(50-28-10-6-24-46(50)61)39-19-15-17-37(35-39)41-33-34-42(38-18-16-20-40(36-38)64-51-29-11-7-25-47(51)62(2)48-26-8-12-30-52(48)64)56(58-60-44-22-4-14-32-54(44)66-58)55(41)57-59-43-21-3-13-31-53(43)65-57/h3-36H,1-2H3. The Kier molecular flexibility index (Phi) is 8.48. The molecule has 314 valence electrons. The highest BCUT2D eigenvalue weighted by atomic mass is 16.4. The van der Waals surface area contributed by atoms with Crippen LogP contribution in [0.5, 0.6) is 0 Å². The van der Waals surface area contributed by atoms with Crippen LogP contribution >= 0.6 is 0 Å². The Balaban J connectivity index is 1.06. The average molecular weight is 853 g/mol. The van der Waals surface area contributed by atoms with Crippen LogP contribution in [-0.4, -0.2) is 24.1 Å². The quantitative estimate of drug-likeness (QED) is 0.164. The van der Waals surface area contributed by atoms with Gasteiger partial charge in [0.05, 0.1) is 56.6 Å². The fourth-order valence-corrected chi connectivity index (χ4v) is 9.93. The summed E-state index contributed by atoms with van der Waals surface area (Å²) in [6.45, 7) is 0. The predicted molar refractivity (Wildman–Crippen MR) is 269 cm³/mol. The first-order valence-corrected chi connectivity index (χ1v) is 22.1. The molecule has 13 rings (SSSR count). The summed E-state index contributed by atoms with van der Waals surface area (Å²) < 4.78 is 13.6. The summed E-state index contributed by atoms with van der Waals surface area (Å²) >= 11 is 0. The van der Waals surface area contributed by atoms with E-state index in [2.05, 4.69) is 191 Å². The zero-order chi connectivity index (χ0) is 43.9. The van der Waals surface area contributed by atoms with Gasteiger partial charge in [-0.05, 0) is 119 Å². The van der Waals surface area contributed by atoms with Crippen molar-refractivity contribution in [1.29, 1.82) is 0 Å². The smallest absolute Gasteiger partial charge is 0.228 e. The number of para-hydroxylation sites is 12. The summed E-state index contributed by atoms with van der Waals surface area (Å²) in [5, 5.41) is 0. The molecule has 66 heavy (non-hydrogen) atoms. The van der Waals surface area contributed by atoms with E-state index in [9.17, 15) is 0 Å². The van der Waals surface area contributed by atoms with Gasteiger partial charge in [-0.2, -0.15) is 0 Å². The number of anilines is 10. The molecule has 0 radical (unpaired) electrons. The second-order valence-corrected chi connectivity index (χ2v) is 16.7. The molecule has 0 aliphatic carbocycles. The van der Waals surface area contributed by atoms with Crippen molar-refractivity contribution in [2.24, 2.45) is 0 Å². The van der Waals surface area contributed by atoms with E-state index in [-0.39, 0.29) is 0 Å². The molecular weight excluding hydrogens is 813 g/mol. The van der Waals surface area contributed by atoms with Gasteiger partial charge < -0.3 is 28.4 Å². The topological polar surface area (TPSA) is 65.0 Å². The van der Waals surface area contributed by atoms with E-state index in [1.807, 2.05) is 48.5 Å². The van der Waals surface area contributed by atoms with Crippen LogP contribution in [0.3, 0.4) is 0 Å². The summed E-state index contributed by atoms with van der Waals surface area (Å²) in [7, 11) is 4.26. The van der Waals surface area contributed by atoms with E-state index in [1.54, 1.807) is 0 Å². The Bertz CT molecular complexity index is 3300. The molecule has 0 saturated heterocycles. The molecular formula is C58H40N6O2. The van der Waals surface area contributed by atoms with Crippen LogP contribution in [0, 0.1) is 0 Å². The molecule has 0 N–H and O–H groups in total. The van der Waals surface area contributed by atoms with E-state index in [1.165, 1.54) is 0 Å². The van der Waals surface area contributed by atoms with Crippen LogP contribution in [0.15, 0.2) is 215 Å². The number of aromatic nitrogens is 2. The molecule has 9 aromatic carbocycles. The number of rotatable bonds is 6. The van der Waals surface area contributed by atoms with Crippen LogP contribution in [0.2, 0.25) is 0 Å². The normalized spacial score (nSPS) is 12.9. The number of hydrogen-bond donors (Lipinski definition) is 0. The maximum atomic E-state index is 6.79. The number of benzene rings is 9. The molecule has 4 heterocycles. The summed E-state index contributed by atoms with van der Waals surface area (Å²) in [5.41, 5.74) is 19.3. The Morgan fingerprint density at radius 2 is 0.667 bits per heavy atom. The van der Waals surface area contributed by atoms with Crippen LogP contribution in [0.4, 0.5) is 56.9 Å². The molecule has 0 unspecified atom stereocenters. The van der Waals surface area contributed by atoms with Crippen molar-refractivity contribution in [1.82, 2.24) is 9.97 Å². The Labute approximate surface area is 381 Å². The third-order valence-electron chi connectivity index (χ3n) is 13.0. The van der Waals surface area contributed by atoms with Crippen molar-refractivity contribution in [3.05, 3.63) is 206 Å². The van der Waals surface area contributed by atoms with Gasteiger partial charge in [0.25, 0.3) is 0 Å². The van der Waals surface area contributed by atoms with Crippen LogP contribution in [0.25, 0.3) is 67.4 Å². The molecule has 8 heteroatoms. The van der Waals surface area contributed by atoms with Gasteiger partial charge in [0, 0.05) is 25.5 Å². The van der Waals surface area contributed by atoms with Crippen molar-refractivity contribution < 1.29 is 8.83 Å². The third-order valence-corrected chi connectivity index (χ3v) is 13.0. The predicted octanol–water partition coefficient (Wildman–Crippen LogP) is 15.7. The fraction of sp³-hybridized carbons (Fsp3) is 0.0345. The van der Waals surface area contributed by atoms with Crippen LogP contribution < -0.4 is 19.6 Å². The second-order valence-electron chi connectivity index (χ2n) is 16.7. The minimum atomic E-state index is 0.476. The minimum Gasteiger partial charge on any atom is -0.436 e. The maximum absolute atomic E-state index is 6.79. The Hall–Kier alpha value is -8.88. The molecule has 11 aromatic rings. The van der Waals surface area contributed by atoms with E-state index in [0.717, 1.165) is 101 Å². The molecule has 8 nitrogen and oxygen atoms in total. The molecule has 0 bridgehead atoms. The largest absolute Gasteiger partial charge is 0.436 e. The maximum Gasteiger partial charge on any atom is 0.228 e. The molecule has 2 aliphatic rings. The monoisotopic (exact) mass is 852 g/mol. The lowest BCUT2D eigenvalue weighted by atomic mass is 9.88. The lowest BCUT2D eigenvalue weighted by Crippen LogP contribution is -2.23. The molecule has 0 saturated carbocycles. The molecule has 0 fully saturated rings. The third kappa shape index (κ3) is 5.85. The van der Waals surface area contributed by atoms with Gasteiger partial charge in [-0.1, -0.05) is 109 Å². The van der Waals surface area contributed by atoms with Crippen molar-refractivity contribution in [3.63, 3.8) is 0 Å². The zero-order valence-electron chi connectivity index (χ0n) is 36.1. The summed E-state index contributed by atoms with van der Waals surface area (Å²) in [5.74, 6) is 0.952. The van der Waals surface area contributed by atoms with Gasteiger partial charge in [0.2, 0.25) is 11.8 Å². The van der Waals surface area contributed by atoms with Gasteiger partial charge in [-0.15, -0.1) is 0 Å². The highest BCUT2D eigenvalue weighted by molar-refractivity contribution is 6.03.